The number of benzene rings is 1. The minimum atomic E-state index is 0.242. The SMILES string of the molecule is CCC(=O)Cc1ccc(Sc2nc(Nc3cc(C)[nH]n3)cc(N3CCOCC3)n2)cc1. The smallest absolute Gasteiger partial charge is 0.196 e. The van der Waals surface area contributed by atoms with Crippen molar-refractivity contribution in [3.05, 3.63) is 47.7 Å². The van der Waals surface area contributed by atoms with Gasteiger partial charge in [-0.25, -0.2) is 9.97 Å². The van der Waals surface area contributed by atoms with Crippen molar-refractivity contribution in [2.75, 3.05) is 36.5 Å². The number of morpholine rings is 1. The Labute approximate surface area is 185 Å². The van der Waals surface area contributed by atoms with E-state index in [-0.39, 0.29) is 5.78 Å². The summed E-state index contributed by atoms with van der Waals surface area (Å²) in [5.74, 6) is 2.51. The number of Topliss-reactive ketones (excluding diaryl/α,β-unsaturated/α-hetero) is 1. The van der Waals surface area contributed by atoms with Crippen LogP contribution in [0, 0.1) is 6.92 Å². The van der Waals surface area contributed by atoms with Gasteiger partial charge in [0.15, 0.2) is 11.0 Å². The van der Waals surface area contributed by atoms with Crippen LogP contribution in [0.3, 0.4) is 0 Å². The zero-order chi connectivity index (χ0) is 21.6. The number of carbonyl (C=O) groups excluding carboxylic acids is 1. The molecule has 2 N–H and O–H groups in total. The minimum Gasteiger partial charge on any atom is -0.378 e. The van der Waals surface area contributed by atoms with Crippen molar-refractivity contribution in [2.24, 2.45) is 0 Å². The van der Waals surface area contributed by atoms with E-state index in [0.29, 0.717) is 42.8 Å². The molecule has 1 aromatic carbocycles. The summed E-state index contributed by atoms with van der Waals surface area (Å²) in [6.07, 6.45) is 1.03. The van der Waals surface area contributed by atoms with Crippen molar-refractivity contribution in [2.45, 2.75) is 36.7 Å². The highest BCUT2D eigenvalue weighted by molar-refractivity contribution is 7.99. The van der Waals surface area contributed by atoms with E-state index in [1.807, 2.05) is 50.2 Å². The summed E-state index contributed by atoms with van der Waals surface area (Å²) in [4.78, 5) is 24.4. The number of ketones is 1. The first-order chi connectivity index (χ1) is 15.1. The number of ether oxygens (including phenoxy) is 1. The molecule has 1 saturated heterocycles. The Balaban J connectivity index is 1.56. The molecule has 0 spiro atoms. The van der Waals surface area contributed by atoms with Crippen molar-refractivity contribution in [1.82, 2.24) is 20.2 Å². The lowest BCUT2D eigenvalue weighted by Gasteiger charge is -2.28. The Morgan fingerprint density at radius 2 is 1.94 bits per heavy atom. The highest BCUT2D eigenvalue weighted by Gasteiger charge is 2.16. The number of nitrogens with zero attached hydrogens (tertiary/aromatic N) is 4. The molecule has 2 aromatic heterocycles. The maximum Gasteiger partial charge on any atom is 0.196 e. The monoisotopic (exact) mass is 438 g/mol. The van der Waals surface area contributed by atoms with E-state index in [0.717, 1.165) is 35.1 Å². The summed E-state index contributed by atoms with van der Waals surface area (Å²) in [5, 5.41) is 11.1. The molecule has 4 rings (SSSR count). The van der Waals surface area contributed by atoms with Gasteiger partial charge in [0.25, 0.3) is 0 Å². The van der Waals surface area contributed by atoms with Gasteiger partial charge in [-0.1, -0.05) is 19.1 Å². The second-order valence-electron chi connectivity index (χ2n) is 7.37. The molecule has 0 aliphatic carbocycles. The van der Waals surface area contributed by atoms with Crippen molar-refractivity contribution in [3.63, 3.8) is 0 Å². The second kappa shape index (κ2) is 9.93. The van der Waals surface area contributed by atoms with Gasteiger partial charge in [-0.3, -0.25) is 9.89 Å². The third kappa shape index (κ3) is 5.83. The van der Waals surface area contributed by atoms with Gasteiger partial charge < -0.3 is 15.0 Å². The second-order valence-corrected chi connectivity index (χ2v) is 8.41. The van der Waals surface area contributed by atoms with E-state index in [9.17, 15) is 4.79 Å². The van der Waals surface area contributed by atoms with Crippen molar-refractivity contribution in [1.29, 1.82) is 0 Å². The quantitative estimate of drug-likeness (QED) is 0.513. The number of nitrogens with one attached hydrogen (secondary N) is 2. The fraction of sp³-hybridized carbons (Fsp3) is 0.364. The maximum atomic E-state index is 11.7. The molecule has 3 aromatic rings. The number of aromatic nitrogens is 4. The molecule has 0 radical (unpaired) electrons. The molecule has 3 heterocycles. The number of hydrogen-bond donors (Lipinski definition) is 2. The summed E-state index contributed by atoms with van der Waals surface area (Å²) in [7, 11) is 0. The molecular weight excluding hydrogens is 412 g/mol. The molecule has 0 atom stereocenters. The number of anilines is 3. The molecule has 162 valence electrons. The third-order valence-electron chi connectivity index (χ3n) is 4.92. The Kier molecular flexibility index (Phi) is 6.83. The Morgan fingerprint density at radius 3 is 2.61 bits per heavy atom. The van der Waals surface area contributed by atoms with Crippen LogP contribution in [0.15, 0.2) is 46.5 Å². The van der Waals surface area contributed by atoms with Crippen molar-refractivity contribution >= 4 is 35.0 Å². The molecule has 9 heteroatoms. The van der Waals surface area contributed by atoms with Gasteiger partial charge in [-0.2, -0.15) is 5.10 Å². The molecule has 1 fully saturated rings. The predicted molar refractivity (Wildman–Crippen MR) is 121 cm³/mol. The fourth-order valence-electron chi connectivity index (χ4n) is 3.22. The van der Waals surface area contributed by atoms with E-state index in [1.165, 1.54) is 11.8 Å². The van der Waals surface area contributed by atoms with E-state index >= 15 is 0 Å². The molecule has 31 heavy (non-hydrogen) atoms. The number of aryl methyl sites for hydroxylation is 1. The van der Waals surface area contributed by atoms with Gasteiger partial charge in [0, 0.05) is 48.7 Å². The lowest BCUT2D eigenvalue weighted by molar-refractivity contribution is -0.118. The van der Waals surface area contributed by atoms with Gasteiger partial charge >= 0.3 is 0 Å². The van der Waals surface area contributed by atoms with Crippen LogP contribution < -0.4 is 10.2 Å². The van der Waals surface area contributed by atoms with Gasteiger partial charge in [0.05, 0.1) is 13.2 Å². The van der Waals surface area contributed by atoms with Crippen LogP contribution in [-0.4, -0.2) is 52.3 Å². The van der Waals surface area contributed by atoms with Crippen LogP contribution in [-0.2, 0) is 16.0 Å². The van der Waals surface area contributed by atoms with Gasteiger partial charge in [-0.15, -0.1) is 0 Å². The van der Waals surface area contributed by atoms with E-state index < -0.39 is 0 Å². The van der Waals surface area contributed by atoms with Gasteiger partial charge in [0.2, 0.25) is 0 Å². The molecule has 0 unspecified atom stereocenters. The number of carbonyl (C=O) groups is 1. The zero-order valence-electron chi connectivity index (χ0n) is 17.7. The Morgan fingerprint density at radius 1 is 1.16 bits per heavy atom. The number of aromatic amines is 1. The molecule has 0 saturated carbocycles. The average molecular weight is 439 g/mol. The summed E-state index contributed by atoms with van der Waals surface area (Å²) < 4.78 is 5.48. The van der Waals surface area contributed by atoms with E-state index in [1.54, 1.807) is 0 Å². The molecule has 8 nitrogen and oxygen atoms in total. The lowest BCUT2D eigenvalue weighted by atomic mass is 10.1. The Hall–Kier alpha value is -2.91. The number of H-pyrrole nitrogens is 1. The largest absolute Gasteiger partial charge is 0.378 e. The van der Waals surface area contributed by atoms with Gasteiger partial charge in [-0.05, 0) is 36.4 Å². The maximum absolute atomic E-state index is 11.7. The molecular formula is C22H26N6O2S. The first kappa shape index (κ1) is 21.3. The average Bonchev–Trinajstić information content (AvgIpc) is 3.20. The normalized spacial score (nSPS) is 13.9. The van der Waals surface area contributed by atoms with E-state index in [2.05, 4.69) is 25.4 Å². The standard InChI is InChI=1S/C22H26N6O2S/c1-3-17(29)13-16-4-6-18(7-5-16)31-22-24-19(23-20-12-15(2)26-27-20)14-21(25-22)28-8-10-30-11-9-28/h4-7,12,14H,3,8-11,13H2,1-2H3,(H2,23,24,25,26,27). The van der Waals surface area contributed by atoms with E-state index in [4.69, 9.17) is 9.72 Å². The highest BCUT2D eigenvalue weighted by Crippen LogP contribution is 2.29. The van der Waals surface area contributed by atoms with Crippen LogP contribution >= 0.6 is 11.8 Å². The minimum absolute atomic E-state index is 0.242. The topological polar surface area (TPSA) is 96.0 Å². The predicted octanol–water partition coefficient (Wildman–Crippen LogP) is 3.76. The van der Waals surface area contributed by atoms with Gasteiger partial charge in [0.1, 0.15) is 17.4 Å². The molecule has 1 aliphatic rings. The fourth-order valence-corrected chi connectivity index (χ4v) is 3.99. The summed E-state index contributed by atoms with van der Waals surface area (Å²) in [6.45, 7) is 6.81. The lowest BCUT2D eigenvalue weighted by Crippen LogP contribution is -2.36. The van der Waals surface area contributed by atoms with Crippen LogP contribution in [0.2, 0.25) is 0 Å². The van der Waals surface area contributed by atoms with Crippen molar-refractivity contribution < 1.29 is 9.53 Å². The number of rotatable bonds is 8. The molecule has 0 bridgehead atoms. The Bertz CT molecular complexity index is 1030. The third-order valence-corrected chi connectivity index (χ3v) is 5.79. The van der Waals surface area contributed by atoms with Crippen molar-refractivity contribution in [3.8, 4) is 0 Å². The van der Waals surface area contributed by atoms with Crippen LogP contribution in [0.4, 0.5) is 17.5 Å². The van der Waals surface area contributed by atoms with Crippen LogP contribution in [0.1, 0.15) is 24.6 Å². The number of hydrogen-bond acceptors (Lipinski definition) is 8. The first-order valence-electron chi connectivity index (χ1n) is 10.4. The zero-order valence-corrected chi connectivity index (χ0v) is 18.5. The molecule has 0 amide bonds. The summed E-state index contributed by atoms with van der Waals surface area (Å²) >= 11 is 1.50. The summed E-state index contributed by atoms with van der Waals surface area (Å²) in [5.41, 5.74) is 2.00. The summed E-state index contributed by atoms with van der Waals surface area (Å²) in [6, 6.07) is 11.9. The van der Waals surface area contributed by atoms with Crippen LogP contribution in [0.5, 0.6) is 0 Å². The molecule has 1 aliphatic heterocycles. The van der Waals surface area contributed by atoms with Crippen LogP contribution in [0.25, 0.3) is 0 Å². The highest BCUT2D eigenvalue weighted by atomic mass is 32.2. The first-order valence-corrected chi connectivity index (χ1v) is 11.2.